The van der Waals surface area contributed by atoms with Gasteiger partial charge in [-0.05, 0) is 31.4 Å². The minimum atomic E-state index is -0.496. The molecule has 168 valence electrons. The number of aryl methyl sites for hydroxylation is 1. The molecule has 1 fully saturated rings. The summed E-state index contributed by atoms with van der Waals surface area (Å²) in [6, 6.07) is 5.52. The largest absolute Gasteiger partial charge is 0.491 e. The Morgan fingerprint density at radius 1 is 1.28 bits per heavy atom. The quantitative estimate of drug-likeness (QED) is 0.319. The van der Waals surface area contributed by atoms with Gasteiger partial charge in [-0.25, -0.2) is 0 Å². The van der Waals surface area contributed by atoms with Crippen LogP contribution in [0.4, 0.5) is 5.69 Å². The van der Waals surface area contributed by atoms with Gasteiger partial charge in [0.05, 0.1) is 23.6 Å². The fourth-order valence-electron chi connectivity index (χ4n) is 3.37. The van der Waals surface area contributed by atoms with E-state index >= 15 is 0 Å². The Hall–Kier alpha value is -4.02. The first-order chi connectivity index (χ1) is 15.5. The molecular formula is C21H26N8O3. The molecule has 2 aliphatic rings. The van der Waals surface area contributed by atoms with Crippen molar-refractivity contribution in [1.29, 1.82) is 0 Å². The van der Waals surface area contributed by atoms with Crippen LogP contribution in [0, 0.1) is 5.92 Å². The summed E-state index contributed by atoms with van der Waals surface area (Å²) in [4.78, 5) is 24.3. The third-order valence-electron chi connectivity index (χ3n) is 5.21. The summed E-state index contributed by atoms with van der Waals surface area (Å²) in [6.07, 6.45) is 5.58. The summed E-state index contributed by atoms with van der Waals surface area (Å²) in [5.41, 5.74) is 13.6. The normalized spacial score (nSPS) is 16.3. The highest BCUT2D eigenvalue weighted by molar-refractivity contribution is 5.94. The zero-order valence-corrected chi connectivity index (χ0v) is 17.7. The molecule has 0 spiro atoms. The van der Waals surface area contributed by atoms with Gasteiger partial charge in [0.1, 0.15) is 17.8 Å². The molecule has 0 bridgehead atoms. The van der Waals surface area contributed by atoms with Crippen LogP contribution in [0.5, 0.6) is 5.75 Å². The van der Waals surface area contributed by atoms with Crippen molar-refractivity contribution in [2.24, 2.45) is 17.4 Å². The van der Waals surface area contributed by atoms with Crippen molar-refractivity contribution in [3.05, 3.63) is 47.8 Å². The van der Waals surface area contributed by atoms with Crippen molar-refractivity contribution < 1.29 is 14.3 Å². The number of fused-ring (bicyclic) bond motifs is 3. The molecule has 32 heavy (non-hydrogen) atoms. The SMILES string of the molecule is CNC(=O)/C(N)=C(/C=C(\N)NC(=O)C1CC1)Nc1cccc2c1OCCCn1cnnc1-2. The molecular weight excluding hydrogens is 412 g/mol. The highest BCUT2D eigenvalue weighted by Gasteiger charge is 2.29. The summed E-state index contributed by atoms with van der Waals surface area (Å²) in [5.74, 6) is 0.653. The van der Waals surface area contributed by atoms with Gasteiger partial charge in [0.15, 0.2) is 11.6 Å². The Bertz CT molecular complexity index is 1100. The van der Waals surface area contributed by atoms with Gasteiger partial charge in [-0.15, -0.1) is 10.2 Å². The lowest BCUT2D eigenvalue weighted by Crippen LogP contribution is -2.31. The lowest BCUT2D eigenvalue weighted by Gasteiger charge is -2.21. The molecule has 0 radical (unpaired) electrons. The second-order valence-corrected chi connectivity index (χ2v) is 7.63. The van der Waals surface area contributed by atoms with Gasteiger partial charge in [-0.1, -0.05) is 6.07 Å². The van der Waals surface area contributed by atoms with Crippen LogP contribution in [0.25, 0.3) is 11.4 Å². The van der Waals surface area contributed by atoms with E-state index in [4.69, 9.17) is 16.2 Å². The topological polar surface area (TPSA) is 162 Å². The molecule has 1 aliphatic carbocycles. The molecule has 2 heterocycles. The first-order valence-electron chi connectivity index (χ1n) is 10.4. The van der Waals surface area contributed by atoms with Crippen LogP contribution in [-0.2, 0) is 16.1 Å². The van der Waals surface area contributed by atoms with E-state index < -0.39 is 5.91 Å². The van der Waals surface area contributed by atoms with Gasteiger partial charge in [-0.2, -0.15) is 0 Å². The summed E-state index contributed by atoms with van der Waals surface area (Å²) in [6.45, 7) is 1.23. The van der Waals surface area contributed by atoms with E-state index in [0.29, 0.717) is 23.9 Å². The zero-order valence-electron chi connectivity index (χ0n) is 17.7. The van der Waals surface area contributed by atoms with Crippen LogP contribution < -0.4 is 32.2 Å². The first-order valence-corrected chi connectivity index (χ1v) is 10.4. The minimum Gasteiger partial charge on any atom is -0.491 e. The Morgan fingerprint density at radius 2 is 2.09 bits per heavy atom. The third kappa shape index (κ3) is 4.51. The standard InChI is InChI=1S/C21H26N8O3/c1-24-21(31)17(23)15(10-16(22)27-20(30)12-6-7-12)26-14-5-2-4-13-18(14)32-9-3-8-29-11-25-28-19(13)29/h2,4-5,10-12,26H,3,6-9,22-23H2,1H3,(H,24,31)(H,27,30)/b16-10+,17-15+. The molecule has 11 nitrogen and oxygen atoms in total. The van der Waals surface area contributed by atoms with Gasteiger partial charge >= 0.3 is 0 Å². The Balaban J connectivity index is 1.70. The molecule has 11 heteroatoms. The molecule has 2 aromatic rings. The van der Waals surface area contributed by atoms with Gasteiger partial charge in [0, 0.05) is 25.6 Å². The molecule has 1 aromatic heterocycles. The molecule has 2 amide bonds. The monoisotopic (exact) mass is 438 g/mol. The summed E-state index contributed by atoms with van der Waals surface area (Å²) >= 11 is 0. The smallest absolute Gasteiger partial charge is 0.269 e. The van der Waals surface area contributed by atoms with Crippen LogP contribution >= 0.6 is 0 Å². The Kier molecular flexibility index (Phi) is 5.97. The Morgan fingerprint density at radius 3 is 2.84 bits per heavy atom. The van der Waals surface area contributed by atoms with Crippen LogP contribution in [0.3, 0.4) is 0 Å². The lowest BCUT2D eigenvalue weighted by atomic mass is 10.1. The number of nitrogens with two attached hydrogens (primary N) is 2. The fourth-order valence-corrected chi connectivity index (χ4v) is 3.37. The second kappa shape index (κ2) is 9.00. The Labute approximate surface area is 184 Å². The number of carbonyl (C=O) groups excluding carboxylic acids is 2. The molecule has 4 rings (SSSR count). The predicted octanol–water partition coefficient (Wildman–Crippen LogP) is 0.382. The molecule has 0 saturated heterocycles. The number of carbonyl (C=O) groups is 2. The van der Waals surface area contributed by atoms with Crippen LogP contribution in [0.1, 0.15) is 19.3 Å². The van der Waals surface area contributed by atoms with Crippen molar-refractivity contribution in [1.82, 2.24) is 25.4 Å². The van der Waals surface area contributed by atoms with Crippen LogP contribution in [-0.4, -0.2) is 40.2 Å². The summed E-state index contributed by atoms with van der Waals surface area (Å²) < 4.78 is 8.00. The number of allylic oxidation sites excluding steroid dienone is 1. The third-order valence-corrected chi connectivity index (χ3v) is 5.21. The van der Waals surface area contributed by atoms with E-state index in [2.05, 4.69) is 26.1 Å². The first kappa shape index (κ1) is 21.2. The fraction of sp³-hybridized carbons (Fsp3) is 0.333. The number of likely N-dealkylation sites (N-methyl/N-ethyl adjacent to an activating group) is 1. The minimum absolute atomic E-state index is 0.0156. The van der Waals surface area contributed by atoms with E-state index in [1.807, 2.05) is 16.7 Å². The summed E-state index contributed by atoms with van der Waals surface area (Å²) in [5, 5.41) is 16.5. The molecule has 1 saturated carbocycles. The number of nitrogens with one attached hydrogen (secondary N) is 3. The van der Waals surface area contributed by atoms with Crippen molar-refractivity contribution in [2.45, 2.75) is 25.8 Å². The number of hydrogen-bond acceptors (Lipinski definition) is 8. The number of amides is 2. The average Bonchev–Trinajstić information content (AvgIpc) is 3.53. The van der Waals surface area contributed by atoms with E-state index in [1.54, 1.807) is 12.4 Å². The maximum atomic E-state index is 12.2. The number of ether oxygens (including phenoxy) is 1. The van der Waals surface area contributed by atoms with Gasteiger partial charge < -0.3 is 36.7 Å². The maximum Gasteiger partial charge on any atom is 0.269 e. The number of anilines is 1. The van der Waals surface area contributed by atoms with E-state index in [1.165, 1.54) is 13.1 Å². The highest BCUT2D eigenvalue weighted by atomic mass is 16.5. The molecule has 1 aromatic carbocycles. The zero-order chi connectivity index (χ0) is 22.7. The number of nitrogens with zero attached hydrogens (tertiary/aromatic N) is 3. The van der Waals surface area contributed by atoms with Crippen LogP contribution in [0.15, 0.2) is 47.8 Å². The highest BCUT2D eigenvalue weighted by Crippen LogP contribution is 2.37. The van der Waals surface area contributed by atoms with Crippen molar-refractivity contribution in [3.63, 3.8) is 0 Å². The number of aromatic nitrogens is 3. The maximum absolute atomic E-state index is 12.2. The number of para-hydroxylation sites is 1. The second-order valence-electron chi connectivity index (χ2n) is 7.63. The number of benzene rings is 1. The van der Waals surface area contributed by atoms with E-state index in [-0.39, 0.29) is 29.0 Å². The van der Waals surface area contributed by atoms with Gasteiger partial charge in [-0.3, -0.25) is 9.59 Å². The molecule has 7 N–H and O–H groups in total. The molecule has 1 aliphatic heterocycles. The average molecular weight is 438 g/mol. The van der Waals surface area contributed by atoms with Crippen LogP contribution in [0.2, 0.25) is 0 Å². The van der Waals surface area contributed by atoms with Crippen molar-refractivity contribution in [2.75, 3.05) is 19.0 Å². The summed E-state index contributed by atoms with van der Waals surface area (Å²) in [7, 11) is 1.47. The van der Waals surface area contributed by atoms with E-state index in [0.717, 1.165) is 31.4 Å². The number of rotatable bonds is 6. The predicted molar refractivity (Wildman–Crippen MR) is 118 cm³/mol. The lowest BCUT2D eigenvalue weighted by molar-refractivity contribution is -0.121. The number of hydrogen-bond donors (Lipinski definition) is 5. The molecule has 0 unspecified atom stereocenters. The van der Waals surface area contributed by atoms with E-state index in [9.17, 15) is 9.59 Å². The van der Waals surface area contributed by atoms with Gasteiger partial charge in [0.2, 0.25) is 5.91 Å². The van der Waals surface area contributed by atoms with Crippen molar-refractivity contribution in [3.8, 4) is 17.1 Å². The molecule has 0 atom stereocenters. The van der Waals surface area contributed by atoms with Crippen molar-refractivity contribution >= 4 is 17.5 Å². The van der Waals surface area contributed by atoms with Gasteiger partial charge in [0.25, 0.3) is 5.91 Å².